The van der Waals surface area contributed by atoms with Gasteiger partial charge in [0.2, 0.25) is 0 Å². The van der Waals surface area contributed by atoms with Crippen LogP contribution in [-0.2, 0) is 22.3 Å². The first kappa shape index (κ1) is 14.3. The van der Waals surface area contributed by atoms with Crippen LogP contribution in [-0.4, -0.2) is 36.9 Å². The van der Waals surface area contributed by atoms with Crippen molar-refractivity contribution in [3.8, 4) is 0 Å². The van der Waals surface area contributed by atoms with Crippen LogP contribution in [0.2, 0.25) is 0 Å². The number of hydrogen-bond acceptors (Lipinski definition) is 4. The molecule has 0 radical (unpaired) electrons. The zero-order chi connectivity index (χ0) is 12.7. The minimum Gasteiger partial charge on any atom is -0.382 e. The van der Waals surface area contributed by atoms with Crippen LogP contribution in [0.5, 0.6) is 0 Å². The van der Waals surface area contributed by atoms with Crippen molar-refractivity contribution in [1.82, 2.24) is 9.97 Å². The summed E-state index contributed by atoms with van der Waals surface area (Å²) in [4.78, 5) is 7.65. The fraction of sp³-hybridized carbons (Fsp3) is 0.667. The Balaban J connectivity index is 2.54. The van der Waals surface area contributed by atoms with Crippen LogP contribution >= 0.6 is 12.2 Å². The van der Waals surface area contributed by atoms with Gasteiger partial charge < -0.3 is 14.5 Å². The summed E-state index contributed by atoms with van der Waals surface area (Å²) >= 11 is 5.22. The maximum Gasteiger partial charge on any atom is 0.132 e. The first-order chi connectivity index (χ1) is 8.19. The molecular weight excluding hydrogens is 236 g/mol. The second kappa shape index (κ2) is 7.53. The number of methoxy groups -OCH3 is 1. The number of aromatic amines is 1. The van der Waals surface area contributed by atoms with Gasteiger partial charge in [0.1, 0.15) is 10.5 Å². The van der Waals surface area contributed by atoms with Gasteiger partial charge in [-0.3, -0.25) is 0 Å². The molecule has 1 N–H and O–H groups in total. The molecule has 0 aromatic carbocycles. The fourth-order valence-electron chi connectivity index (χ4n) is 1.52. The number of aryl methyl sites for hydroxylation is 1. The van der Waals surface area contributed by atoms with E-state index in [2.05, 4.69) is 16.9 Å². The van der Waals surface area contributed by atoms with Crippen molar-refractivity contribution in [1.29, 1.82) is 0 Å². The minimum atomic E-state index is 0.615. The highest BCUT2D eigenvalue weighted by Gasteiger charge is 2.03. The summed E-state index contributed by atoms with van der Waals surface area (Å²) in [5.74, 6) is 0.898. The molecule has 1 aromatic rings. The van der Waals surface area contributed by atoms with E-state index >= 15 is 0 Å². The molecule has 0 aliphatic heterocycles. The molecule has 0 bridgehead atoms. The molecule has 0 aliphatic rings. The summed E-state index contributed by atoms with van der Waals surface area (Å²) in [5, 5.41) is 0. The summed E-state index contributed by atoms with van der Waals surface area (Å²) in [7, 11) is 1.66. The number of aromatic nitrogens is 2. The van der Waals surface area contributed by atoms with Crippen LogP contribution < -0.4 is 0 Å². The van der Waals surface area contributed by atoms with E-state index in [9.17, 15) is 0 Å². The van der Waals surface area contributed by atoms with Crippen LogP contribution in [0.1, 0.15) is 24.0 Å². The Bertz CT molecular complexity index is 404. The molecule has 1 aromatic heterocycles. The van der Waals surface area contributed by atoms with E-state index in [1.807, 2.05) is 6.92 Å². The quantitative estimate of drug-likeness (QED) is 0.600. The van der Waals surface area contributed by atoms with Gasteiger partial charge in [0.05, 0.1) is 19.8 Å². The highest BCUT2D eigenvalue weighted by atomic mass is 32.1. The zero-order valence-corrected chi connectivity index (χ0v) is 11.5. The molecule has 0 unspecified atom stereocenters. The molecule has 0 saturated heterocycles. The monoisotopic (exact) mass is 256 g/mol. The molecular formula is C12H20N2O2S. The predicted octanol–water partition coefficient (Wildman–Crippen LogP) is 2.22. The third-order valence-corrected chi connectivity index (χ3v) is 2.97. The van der Waals surface area contributed by atoms with Crippen molar-refractivity contribution in [3.63, 3.8) is 0 Å². The van der Waals surface area contributed by atoms with Crippen molar-refractivity contribution < 1.29 is 9.47 Å². The van der Waals surface area contributed by atoms with Gasteiger partial charge in [0.15, 0.2) is 0 Å². The zero-order valence-electron chi connectivity index (χ0n) is 10.7. The maximum absolute atomic E-state index is 5.40. The van der Waals surface area contributed by atoms with Crippen LogP contribution in [0.4, 0.5) is 0 Å². The molecule has 0 saturated carbocycles. The lowest BCUT2D eigenvalue weighted by Crippen LogP contribution is -2.09. The average molecular weight is 256 g/mol. The van der Waals surface area contributed by atoms with Crippen molar-refractivity contribution >= 4 is 12.2 Å². The summed E-state index contributed by atoms with van der Waals surface area (Å²) in [6.45, 7) is 5.98. The molecule has 17 heavy (non-hydrogen) atoms. The van der Waals surface area contributed by atoms with Gasteiger partial charge in [-0.05, 0) is 13.3 Å². The van der Waals surface area contributed by atoms with E-state index in [1.165, 1.54) is 0 Å². The fourth-order valence-corrected chi connectivity index (χ4v) is 1.75. The number of ether oxygens (including phenoxy) is 2. The molecule has 5 heteroatoms. The van der Waals surface area contributed by atoms with Crippen LogP contribution in [0.15, 0.2) is 0 Å². The van der Waals surface area contributed by atoms with Crippen molar-refractivity contribution in [2.75, 3.05) is 26.9 Å². The van der Waals surface area contributed by atoms with Crippen LogP contribution in [0, 0.1) is 11.6 Å². The number of H-pyrrole nitrogens is 1. The Morgan fingerprint density at radius 1 is 1.29 bits per heavy atom. The number of nitrogens with zero attached hydrogens (tertiary/aromatic N) is 1. The number of rotatable bonds is 7. The lowest BCUT2D eigenvalue weighted by Gasteiger charge is -2.08. The molecule has 1 heterocycles. The van der Waals surface area contributed by atoms with Gasteiger partial charge in [-0.15, -0.1) is 0 Å². The highest BCUT2D eigenvalue weighted by molar-refractivity contribution is 7.71. The standard InChI is InChI=1S/C12H20N2O2S/c1-4-10-9(2)12(17)14-11(13-10)5-6-16-8-7-15-3/h4-8H2,1-3H3,(H,13,14,17). The summed E-state index contributed by atoms with van der Waals surface area (Å²) in [6, 6.07) is 0. The van der Waals surface area contributed by atoms with E-state index < -0.39 is 0 Å². The van der Waals surface area contributed by atoms with Gasteiger partial charge in [0.25, 0.3) is 0 Å². The predicted molar refractivity (Wildman–Crippen MR) is 69.9 cm³/mol. The first-order valence-electron chi connectivity index (χ1n) is 5.84. The van der Waals surface area contributed by atoms with Crippen molar-refractivity contribution in [2.24, 2.45) is 0 Å². The molecule has 4 nitrogen and oxygen atoms in total. The van der Waals surface area contributed by atoms with Crippen molar-refractivity contribution in [3.05, 3.63) is 21.7 Å². The first-order valence-corrected chi connectivity index (χ1v) is 6.25. The molecule has 0 amide bonds. The number of nitrogens with one attached hydrogen (secondary N) is 1. The topological polar surface area (TPSA) is 47.1 Å². The maximum atomic E-state index is 5.40. The molecule has 96 valence electrons. The third kappa shape index (κ3) is 4.53. The lowest BCUT2D eigenvalue weighted by molar-refractivity contribution is 0.0716. The van der Waals surface area contributed by atoms with Crippen LogP contribution in [0.3, 0.4) is 0 Å². The Morgan fingerprint density at radius 3 is 2.71 bits per heavy atom. The van der Waals surface area contributed by atoms with Gasteiger partial charge in [-0.2, -0.15) is 0 Å². The molecule has 0 atom stereocenters. The second-order valence-electron chi connectivity index (χ2n) is 3.80. The van der Waals surface area contributed by atoms with E-state index in [0.717, 1.165) is 29.9 Å². The summed E-state index contributed by atoms with van der Waals surface area (Å²) in [6.07, 6.45) is 1.69. The average Bonchev–Trinajstić information content (AvgIpc) is 2.33. The lowest BCUT2D eigenvalue weighted by atomic mass is 10.2. The molecule has 1 rings (SSSR count). The summed E-state index contributed by atoms with van der Waals surface area (Å²) < 4.78 is 11.0. The summed E-state index contributed by atoms with van der Waals surface area (Å²) in [5.41, 5.74) is 2.24. The smallest absolute Gasteiger partial charge is 0.132 e. The molecule has 0 fully saturated rings. The van der Waals surface area contributed by atoms with Gasteiger partial charge in [0, 0.05) is 24.8 Å². The SMILES string of the molecule is CCc1[nH]c(CCOCCOC)nc(=S)c1C. The number of hydrogen-bond donors (Lipinski definition) is 1. The third-order valence-electron chi connectivity index (χ3n) is 2.57. The van der Waals surface area contributed by atoms with Crippen molar-refractivity contribution in [2.45, 2.75) is 26.7 Å². The Labute approximate surface area is 107 Å². The normalized spacial score (nSPS) is 10.8. The van der Waals surface area contributed by atoms with E-state index in [1.54, 1.807) is 7.11 Å². The highest BCUT2D eigenvalue weighted by Crippen LogP contribution is 2.07. The minimum absolute atomic E-state index is 0.615. The van der Waals surface area contributed by atoms with E-state index in [4.69, 9.17) is 21.7 Å². The largest absolute Gasteiger partial charge is 0.382 e. The van der Waals surface area contributed by atoms with Gasteiger partial charge in [-0.1, -0.05) is 19.1 Å². The second-order valence-corrected chi connectivity index (χ2v) is 4.19. The van der Waals surface area contributed by atoms with E-state index in [0.29, 0.717) is 24.5 Å². The Hall–Kier alpha value is -0.780. The molecule has 0 aliphatic carbocycles. The van der Waals surface area contributed by atoms with E-state index in [-0.39, 0.29) is 0 Å². The van der Waals surface area contributed by atoms with Gasteiger partial charge in [-0.25, -0.2) is 4.98 Å². The Kier molecular flexibility index (Phi) is 6.32. The molecule has 0 spiro atoms. The van der Waals surface area contributed by atoms with Gasteiger partial charge >= 0.3 is 0 Å². The Morgan fingerprint density at radius 2 is 2.06 bits per heavy atom. The van der Waals surface area contributed by atoms with Crippen LogP contribution in [0.25, 0.3) is 0 Å².